The lowest BCUT2D eigenvalue weighted by molar-refractivity contribution is -0.114. The molecule has 1 aromatic heterocycles. The van der Waals surface area contributed by atoms with Crippen LogP contribution in [-0.2, 0) is 4.79 Å². The van der Waals surface area contributed by atoms with Crippen LogP contribution in [0, 0.1) is 6.92 Å². The first-order valence-corrected chi connectivity index (χ1v) is 7.03. The third-order valence-corrected chi connectivity index (χ3v) is 3.70. The molecule has 5 nitrogen and oxygen atoms in total. The third-order valence-electron chi connectivity index (χ3n) is 2.64. The fraction of sp³-hybridized carbons (Fsp3) is 0.133. The van der Waals surface area contributed by atoms with E-state index < -0.39 is 5.97 Å². The molecule has 0 fully saturated rings. The van der Waals surface area contributed by atoms with Gasteiger partial charge in [0.2, 0.25) is 5.91 Å². The Labute approximate surface area is 126 Å². The molecular weight excluding hydrogens is 288 g/mol. The average Bonchev–Trinajstić information content (AvgIpc) is 2.40. The molecule has 2 aromatic rings. The van der Waals surface area contributed by atoms with Crippen LogP contribution >= 0.6 is 11.8 Å². The predicted molar refractivity (Wildman–Crippen MR) is 80.8 cm³/mol. The van der Waals surface area contributed by atoms with Gasteiger partial charge in [-0.2, -0.15) is 0 Å². The lowest BCUT2D eigenvalue weighted by Gasteiger charge is -2.07. The molecule has 2 rings (SSSR count). The Morgan fingerprint density at radius 2 is 1.90 bits per heavy atom. The number of carboxylic acid groups (broad SMARTS) is 1. The quantitative estimate of drug-likeness (QED) is 0.906. The highest BCUT2D eigenvalue weighted by molar-refractivity contribution is 7.99. The van der Waals surface area contributed by atoms with Gasteiger partial charge in [0.15, 0.2) is 0 Å². The predicted octanol–water partition coefficient (Wildman–Crippen LogP) is 3.20. The summed E-state index contributed by atoms with van der Waals surface area (Å²) in [6, 6.07) is 8.96. The summed E-state index contributed by atoms with van der Waals surface area (Å²) in [7, 11) is 0. The fourth-order valence-electron chi connectivity index (χ4n) is 1.72. The molecule has 0 aliphatic heterocycles. The molecule has 0 saturated carbocycles. The van der Waals surface area contributed by atoms with Gasteiger partial charge in [0.1, 0.15) is 0 Å². The minimum Gasteiger partial charge on any atom is -0.478 e. The SMILES string of the molecule is CC(=O)Nc1ccc(Sc2cc(C)ncc2C(=O)O)cc1. The first-order valence-electron chi connectivity index (χ1n) is 6.21. The van der Waals surface area contributed by atoms with E-state index in [4.69, 9.17) is 0 Å². The molecule has 6 heteroatoms. The number of pyridine rings is 1. The zero-order valence-corrected chi connectivity index (χ0v) is 12.4. The molecule has 0 aliphatic carbocycles. The van der Waals surface area contributed by atoms with Crippen molar-refractivity contribution in [3.63, 3.8) is 0 Å². The van der Waals surface area contributed by atoms with E-state index in [9.17, 15) is 14.7 Å². The van der Waals surface area contributed by atoms with E-state index in [1.807, 2.05) is 19.1 Å². The second-order valence-electron chi connectivity index (χ2n) is 4.43. The van der Waals surface area contributed by atoms with E-state index in [1.54, 1.807) is 18.2 Å². The van der Waals surface area contributed by atoms with E-state index >= 15 is 0 Å². The van der Waals surface area contributed by atoms with Crippen molar-refractivity contribution < 1.29 is 14.7 Å². The van der Waals surface area contributed by atoms with Crippen LogP contribution in [0.5, 0.6) is 0 Å². The molecule has 1 aromatic carbocycles. The summed E-state index contributed by atoms with van der Waals surface area (Å²) in [5.74, 6) is -1.13. The first-order chi connectivity index (χ1) is 9.95. The molecule has 0 unspecified atom stereocenters. The maximum Gasteiger partial charge on any atom is 0.338 e. The van der Waals surface area contributed by atoms with Crippen molar-refractivity contribution >= 4 is 29.3 Å². The number of aromatic nitrogens is 1. The van der Waals surface area contributed by atoms with Gasteiger partial charge in [-0.25, -0.2) is 4.79 Å². The van der Waals surface area contributed by atoms with Crippen LogP contribution < -0.4 is 5.32 Å². The van der Waals surface area contributed by atoms with Gasteiger partial charge < -0.3 is 10.4 Å². The average molecular weight is 302 g/mol. The van der Waals surface area contributed by atoms with Crippen LogP contribution in [-0.4, -0.2) is 22.0 Å². The molecule has 21 heavy (non-hydrogen) atoms. The Balaban J connectivity index is 2.23. The van der Waals surface area contributed by atoms with Gasteiger partial charge in [-0.05, 0) is 37.3 Å². The number of carbonyl (C=O) groups excluding carboxylic acids is 1. The number of rotatable bonds is 4. The highest BCUT2D eigenvalue weighted by Gasteiger charge is 2.12. The first kappa shape index (κ1) is 15.1. The maximum absolute atomic E-state index is 11.2. The molecule has 108 valence electrons. The molecule has 1 heterocycles. The van der Waals surface area contributed by atoms with Gasteiger partial charge in [-0.3, -0.25) is 9.78 Å². The maximum atomic E-state index is 11.2. The molecule has 0 aliphatic rings. The molecular formula is C15H14N2O3S. The zero-order chi connectivity index (χ0) is 15.4. The van der Waals surface area contributed by atoms with Crippen molar-refractivity contribution in [3.8, 4) is 0 Å². The largest absolute Gasteiger partial charge is 0.478 e. The molecule has 1 amide bonds. The van der Waals surface area contributed by atoms with Crippen LogP contribution in [0.1, 0.15) is 23.0 Å². The van der Waals surface area contributed by atoms with E-state index in [0.29, 0.717) is 10.6 Å². The van der Waals surface area contributed by atoms with E-state index in [0.717, 1.165) is 10.6 Å². The molecule has 2 N–H and O–H groups in total. The molecule has 0 atom stereocenters. The van der Waals surface area contributed by atoms with Crippen molar-refractivity contribution in [2.75, 3.05) is 5.32 Å². The summed E-state index contributed by atoms with van der Waals surface area (Å²) < 4.78 is 0. The number of benzene rings is 1. The van der Waals surface area contributed by atoms with Crippen LogP contribution in [0.25, 0.3) is 0 Å². The summed E-state index contributed by atoms with van der Waals surface area (Å²) in [4.78, 5) is 27.7. The number of carboxylic acids is 1. The van der Waals surface area contributed by atoms with Gasteiger partial charge >= 0.3 is 5.97 Å². The highest BCUT2D eigenvalue weighted by atomic mass is 32.2. The number of hydrogen-bond donors (Lipinski definition) is 2. The summed E-state index contributed by atoms with van der Waals surface area (Å²) in [5, 5.41) is 11.9. The van der Waals surface area contributed by atoms with Crippen LogP contribution in [0.3, 0.4) is 0 Å². The second-order valence-corrected chi connectivity index (χ2v) is 5.55. The van der Waals surface area contributed by atoms with Gasteiger partial charge in [0.25, 0.3) is 0 Å². The standard InChI is InChI=1S/C15H14N2O3S/c1-9-7-14(13(8-16-9)15(19)20)21-12-5-3-11(4-6-12)17-10(2)18/h3-8H,1-2H3,(H,17,18)(H,19,20). The van der Waals surface area contributed by atoms with E-state index in [2.05, 4.69) is 10.3 Å². The van der Waals surface area contributed by atoms with Crippen LogP contribution in [0.15, 0.2) is 46.3 Å². The number of aryl methyl sites for hydroxylation is 1. The zero-order valence-electron chi connectivity index (χ0n) is 11.6. The number of amides is 1. The Kier molecular flexibility index (Phi) is 4.59. The Hall–Kier alpha value is -2.34. The lowest BCUT2D eigenvalue weighted by Crippen LogP contribution is -2.05. The summed E-state index contributed by atoms with van der Waals surface area (Å²) in [5.41, 5.74) is 1.64. The van der Waals surface area contributed by atoms with Crippen LogP contribution in [0.4, 0.5) is 5.69 Å². The summed E-state index contributed by atoms with van der Waals surface area (Å²) in [6.45, 7) is 3.26. The number of hydrogen-bond acceptors (Lipinski definition) is 4. The van der Waals surface area contributed by atoms with Crippen LogP contribution in [0.2, 0.25) is 0 Å². The van der Waals surface area contributed by atoms with E-state index in [1.165, 1.54) is 24.9 Å². The Morgan fingerprint density at radius 3 is 2.48 bits per heavy atom. The smallest absolute Gasteiger partial charge is 0.338 e. The van der Waals surface area contributed by atoms with Crippen molar-refractivity contribution in [2.45, 2.75) is 23.6 Å². The Bertz CT molecular complexity index is 684. The molecule has 0 spiro atoms. The second kappa shape index (κ2) is 6.41. The van der Waals surface area contributed by atoms with Crippen molar-refractivity contribution in [2.24, 2.45) is 0 Å². The monoisotopic (exact) mass is 302 g/mol. The van der Waals surface area contributed by atoms with Crippen molar-refractivity contribution in [1.82, 2.24) is 4.98 Å². The summed E-state index contributed by atoms with van der Waals surface area (Å²) in [6.07, 6.45) is 1.37. The normalized spacial score (nSPS) is 10.2. The Morgan fingerprint density at radius 1 is 1.24 bits per heavy atom. The van der Waals surface area contributed by atoms with E-state index in [-0.39, 0.29) is 11.5 Å². The lowest BCUT2D eigenvalue weighted by atomic mass is 10.2. The number of anilines is 1. The number of nitrogens with one attached hydrogen (secondary N) is 1. The van der Waals surface area contributed by atoms with Crippen molar-refractivity contribution in [1.29, 1.82) is 0 Å². The highest BCUT2D eigenvalue weighted by Crippen LogP contribution is 2.31. The van der Waals surface area contributed by atoms with Gasteiger partial charge in [0, 0.05) is 34.3 Å². The van der Waals surface area contributed by atoms with Gasteiger partial charge in [-0.1, -0.05) is 11.8 Å². The minimum atomic E-state index is -1.00. The summed E-state index contributed by atoms with van der Waals surface area (Å²) >= 11 is 1.35. The number of nitrogens with zero attached hydrogens (tertiary/aromatic N) is 1. The third kappa shape index (κ3) is 4.06. The number of aromatic carboxylic acids is 1. The minimum absolute atomic E-state index is 0.131. The molecule has 0 bridgehead atoms. The van der Waals surface area contributed by atoms with Crippen molar-refractivity contribution in [3.05, 3.63) is 47.8 Å². The molecule has 0 saturated heterocycles. The fourth-order valence-corrected chi connectivity index (χ4v) is 2.72. The number of carbonyl (C=O) groups is 2. The van der Waals surface area contributed by atoms with Gasteiger partial charge in [-0.15, -0.1) is 0 Å². The topological polar surface area (TPSA) is 79.3 Å². The molecule has 0 radical (unpaired) electrons. The van der Waals surface area contributed by atoms with Gasteiger partial charge in [0.05, 0.1) is 5.56 Å².